The molecule has 2 rings (SSSR count). The third kappa shape index (κ3) is 4.41. The van der Waals surface area contributed by atoms with Gasteiger partial charge in [-0.1, -0.05) is 30.3 Å². The van der Waals surface area contributed by atoms with Gasteiger partial charge in [-0.2, -0.15) is 0 Å². The second-order valence-corrected chi connectivity index (χ2v) is 5.66. The van der Waals surface area contributed by atoms with E-state index in [-0.39, 0.29) is 29.6 Å². The molecule has 5 heteroatoms. The zero-order valence-electron chi connectivity index (χ0n) is 11.0. The Morgan fingerprint density at radius 3 is 2.53 bits per heavy atom. The summed E-state index contributed by atoms with van der Waals surface area (Å²) in [6.45, 7) is 0.534. The van der Waals surface area contributed by atoms with E-state index in [1.165, 1.54) is 12.8 Å². The molecule has 1 fully saturated rings. The van der Waals surface area contributed by atoms with E-state index >= 15 is 0 Å². The molecule has 1 aromatic rings. The van der Waals surface area contributed by atoms with Crippen LogP contribution in [0.15, 0.2) is 30.3 Å². The van der Waals surface area contributed by atoms with Crippen molar-refractivity contribution in [1.29, 1.82) is 0 Å². The van der Waals surface area contributed by atoms with E-state index in [0.717, 1.165) is 5.56 Å². The van der Waals surface area contributed by atoms with E-state index in [0.29, 0.717) is 12.5 Å². The Morgan fingerprint density at radius 2 is 2.05 bits per heavy atom. The van der Waals surface area contributed by atoms with Crippen LogP contribution in [0.2, 0.25) is 0 Å². The molecule has 1 aliphatic carbocycles. The number of rotatable bonds is 6. The summed E-state index contributed by atoms with van der Waals surface area (Å²) in [5.41, 5.74) is 6.77. The zero-order valence-corrected chi connectivity index (χ0v) is 12.7. The molecular weight excluding hydrogens is 280 g/mol. The smallest absolute Gasteiger partial charge is 0.237 e. The Labute approximate surface area is 125 Å². The van der Waals surface area contributed by atoms with Gasteiger partial charge in [-0.15, -0.1) is 24.2 Å². The van der Waals surface area contributed by atoms with Gasteiger partial charge in [0.2, 0.25) is 5.91 Å². The first kappa shape index (κ1) is 16.3. The second-order valence-electron chi connectivity index (χ2n) is 4.71. The average Bonchev–Trinajstić information content (AvgIpc) is 3.22. The van der Waals surface area contributed by atoms with Crippen molar-refractivity contribution in [2.24, 2.45) is 11.7 Å². The Bertz CT molecular complexity index is 398. The fourth-order valence-electron chi connectivity index (χ4n) is 2.15. The van der Waals surface area contributed by atoms with Gasteiger partial charge in [-0.3, -0.25) is 4.79 Å². The largest absolute Gasteiger partial charge is 0.351 e. The molecule has 0 bridgehead atoms. The highest BCUT2D eigenvalue weighted by Gasteiger charge is 2.32. The van der Waals surface area contributed by atoms with Crippen molar-refractivity contribution >= 4 is 30.1 Å². The van der Waals surface area contributed by atoms with Gasteiger partial charge in [-0.05, 0) is 30.6 Å². The Kier molecular flexibility index (Phi) is 6.69. The molecule has 3 N–H and O–H groups in total. The van der Waals surface area contributed by atoms with E-state index in [9.17, 15) is 4.79 Å². The molecule has 0 aromatic heterocycles. The topological polar surface area (TPSA) is 55.1 Å². The van der Waals surface area contributed by atoms with E-state index in [4.69, 9.17) is 5.73 Å². The summed E-state index contributed by atoms with van der Waals surface area (Å²) in [5.74, 6) is 0.674. The van der Waals surface area contributed by atoms with Gasteiger partial charge in [0.05, 0.1) is 0 Å². The third-order valence-corrected chi connectivity index (χ3v) is 4.31. The molecule has 0 radical (unpaired) electrons. The van der Waals surface area contributed by atoms with Gasteiger partial charge in [0, 0.05) is 12.6 Å². The Morgan fingerprint density at radius 1 is 1.42 bits per heavy atom. The van der Waals surface area contributed by atoms with Gasteiger partial charge >= 0.3 is 0 Å². The maximum Gasteiger partial charge on any atom is 0.237 e. The number of halogens is 1. The maximum absolute atomic E-state index is 12.3. The van der Waals surface area contributed by atoms with Crippen LogP contribution in [0.1, 0.15) is 23.7 Å². The standard InChI is InChI=1S/C14H20N2OS.ClH/c1-18-13(11-5-3-2-4-6-11)14(17)16-12(9-15)10-7-8-10;/h2-6,10,12-13H,7-9,15H2,1H3,(H,16,17);1H. The van der Waals surface area contributed by atoms with Crippen LogP contribution in [0.5, 0.6) is 0 Å². The number of nitrogens with two attached hydrogens (primary N) is 1. The van der Waals surface area contributed by atoms with Gasteiger partial charge in [-0.25, -0.2) is 0 Å². The molecular formula is C14H21ClN2OS. The lowest BCUT2D eigenvalue weighted by Crippen LogP contribution is -2.43. The number of hydrogen-bond donors (Lipinski definition) is 2. The first-order valence-electron chi connectivity index (χ1n) is 6.34. The molecule has 2 atom stereocenters. The molecule has 0 spiro atoms. The molecule has 3 nitrogen and oxygen atoms in total. The predicted molar refractivity (Wildman–Crippen MR) is 83.7 cm³/mol. The molecule has 0 heterocycles. The minimum Gasteiger partial charge on any atom is -0.351 e. The quantitative estimate of drug-likeness (QED) is 0.848. The number of amides is 1. The van der Waals surface area contributed by atoms with Crippen molar-refractivity contribution in [3.05, 3.63) is 35.9 Å². The van der Waals surface area contributed by atoms with E-state index in [1.54, 1.807) is 11.8 Å². The monoisotopic (exact) mass is 300 g/mol. The van der Waals surface area contributed by atoms with E-state index in [1.807, 2.05) is 36.6 Å². The fourth-order valence-corrected chi connectivity index (χ4v) is 2.86. The number of carbonyl (C=O) groups is 1. The van der Waals surface area contributed by atoms with Crippen molar-refractivity contribution in [3.63, 3.8) is 0 Å². The first-order valence-corrected chi connectivity index (χ1v) is 7.63. The van der Waals surface area contributed by atoms with Crippen LogP contribution in [0, 0.1) is 5.92 Å². The molecule has 1 aliphatic rings. The fraction of sp³-hybridized carbons (Fsp3) is 0.500. The Balaban J connectivity index is 0.00000180. The van der Waals surface area contributed by atoms with Gasteiger partial charge < -0.3 is 11.1 Å². The summed E-state index contributed by atoms with van der Waals surface area (Å²) in [6, 6.07) is 10.0. The first-order chi connectivity index (χ1) is 8.76. The van der Waals surface area contributed by atoms with Crippen LogP contribution in [0.3, 0.4) is 0 Å². The lowest BCUT2D eigenvalue weighted by Gasteiger charge is -2.20. The van der Waals surface area contributed by atoms with Crippen LogP contribution in [-0.4, -0.2) is 24.7 Å². The summed E-state index contributed by atoms with van der Waals surface area (Å²) in [5, 5.41) is 2.95. The SMILES string of the molecule is CSC(C(=O)NC(CN)C1CC1)c1ccccc1.Cl. The summed E-state index contributed by atoms with van der Waals surface area (Å²) >= 11 is 1.56. The Hall–Kier alpha value is -0.710. The molecule has 1 saturated carbocycles. The number of hydrogen-bond acceptors (Lipinski definition) is 3. The van der Waals surface area contributed by atoms with Crippen molar-refractivity contribution < 1.29 is 4.79 Å². The minimum absolute atomic E-state index is 0. The van der Waals surface area contributed by atoms with Gasteiger partial charge in [0.25, 0.3) is 0 Å². The van der Waals surface area contributed by atoms with Crippen molar-refractivity contribution in [3.8, 4) is 0 Å². The summed E-state index contributed by atoms with van der Waals surface area (Å²) < 4.78 is 0. The van der Waals surface area contributed by atoms with Crippen molar-refractivity contribution in [1.82, 2.24) is 5.32 Å². The number of benzene rings is 1. The van der Waals surface area contributed by atoms with Crippen LogP contribution in [0.25, 0.3) is 0 Å². The molecule has 106 valence electrons. The average molecular weight is 301 g/mol. The predicted octanol–water partition coefficient (Wildman–Crippen LogP) is 2.37. The zero-order chi connectivity index (χ0) is 13.0. The molecule has 1 aromatic carbocycles. The van der Waals surface area contributed by atoms with Crippen LogP contribution in [-0.2, 0) is 4.79 Å². The number of carbonyl (C=O) groups excluding carboxylic acids is 1. The number of thioether (sulfide) groups is 1. The highest BCUT2D eigenvalue weighted by Crippen LogP contribution is 2.33. The van der Waals surface area contributed by atoms with Crippen LogP contribution < -0.4 is 11.1 Å². The van der Waals surface area contributed by atoms with Crippen LogP contribution >= 0.6 is 24.2 Å². The third-order valence-electron chi connectivity index (χ3n) is 3.35. The van der Waals surface area contributed by atoms with E-state index in [2.05, 4.69) is 5.32 Å². The maximum atomic E-state index is 12.3. The highest BCUT2D eigenvalue weighted by atomic mass is 35.5. The van der Waals surface area contributed by atoms with Crippen molar-refractivity contribution in [2.45, 2.75) is 24.1 Å². The van der Waals surface area contributed by atoms with Crippen molar-refractivity contribution in [2.75, 3.05) is 12.8 Å². The summed E-state index contributed by atoms with van der Waals surface area (Å²) in [4.78, 5) is 12.3. The molecule has 0 saturated heterocycles. The van der Waals surface area contributed by atoms with Gasteiger partial charge in [0.15, 0.2) is 0 Å². The van der Waals surface area contributed by atoms with Gasteiger partial charge in [0.1, 0.15) is 5.25 Å². The highest BCUT2D eigenvalue weighted by molar-refractivity contribution is 7.99. The van der Waals surface area contributed by atoms with E-state index < -0.39 is 0 Å². The normalized spacial score (nSPS) is 17.2. The lowest BCUT2D eigenvalue weighted by atomic mass is 10.1. The summed E-state index contributed by atoms with van der Waals surface area (Å²) in [7, 11) is 0. The molecule has 0 aliphatic heterocycles. The summed E-state index contributed by atoms with van der Waals surface area (Å²) in [6.07, 6.45) is 4.35. The van der Waals surface area contributed by atoms with Crippen LogP contribution in [0.4, 0.5) is 0 Å². The number of nitrogens with one attached hydrogen (secondary N) is 1. The molecule has 2 unspecified atom stereocenters. The minimum atomic E-state index is -0.140. The molecule has 1 amide bonds. The second kappa shape index (κ2) is 7.78. The lowest BCUT2D eigenvalue weighted by molar-refractivity contribution is -0.121. The molecule has 19 heavy (non-hydrogen) atoms.